The van der Waals surface area contributed by atoms with Crippen molar-refractivity contribution in [2.45, 2.75) is 274 Å². The SMILES string of the molecule is C=C1C=C(C)C(C)=C(C)N1C(C)(C)C.C=C1C=C(C)C=C(C)N1C(C)(C)C.C=C1C=C(O)C(C)=C(C)N1C(C)(C)C.C=C1N=C(C)C(C)=NN1C(C)(C)C.C=C1N=C(C)N=C(C)N1C(C)(C)C.C=[C-]N(C(C)=C[C](O)=[W])C(C)(C)C.C=[C-]N(C=C(C)[C](O)=[W])C(C)(C)C. The van der Waals surface area contributed by atoms with E-state index >= 15 is 0 Å². The van der Waals surface area contributed by atoms with Gasteiger partial charge in [0.15, 0.2) is 0 Å². The van der Waals surface area contributed by atoms with Gasteiger partial charge in [0.2, 0.25) is 0 Å². The molecule has 5 aliphatic heterocycles. The summed E-state index contributed by atoms with van der Waals surface area (Å²) in [5, 5.41) is 34.3. The van der Waals surface area contributed by atoms with Crippen LogP contribution in [0.3, 0.4) is 0 Å². The number of hydrogen-bond donors (Lipinski definition) is 3. The van der Waals surface area contributed by atoms with Gasteiger partial charge >= 0.3 is 182 Å². The Labute approximate surface area is 590 Å². The molecule has 0 fully saturated rings. The van der Waals surface area contributed by atoms with Crippen LogP contribution in [0.15, 0.2) is 188 Å². The molecule has 0 amide bonds. The molecule has 14 nitrogen and oxygen atoms in total. The molecule has 0 spiro atoms. The van der Waals surface area contributed by atoms with Gasteiger partial charge in [-0.15, -0.1) is 0 Å². The Bertz CT molecular complexity index is 3060. The Morgan fingerprint density at radius 3 is 1.30 bits per heavy atom. The summed E-state index contributed by atoms with van der Waals surface area (Å²) in [5.74, 6) is 3.56. The average Bonchev–Trinajstić information content (AvgIpc) is 0.821. The van der Waals surface area contributed by atoms with Crippen molar-refractivity contribution in [1.29, 1.82) is 0 Å². The third-order valence-electron chi connectivity index (χ3n) is 14.4. The number of hydrazone groups is 1. The second-order valence-electron chi connectivity index (χ2n) is 30.6. The second-order valence-corrected chi connectivity index (χ2v) is 33.5. The van der Waals surface area contributed by atoms with Gasteiger partial charge in [-0.2, -0.15) is 5.10 Å². The van der Waals surface area contributed by atoms with Crippen LogP contribution < -0.4 is 0 Å². The topological polar surface area (TPSA) is 133 Å². The van der Waals surface area contributed by atoms with Crippen molar-refractivity contribution in [1.82, 2.24) is 34.4 Å². The van der Waals surface area contributed by atoms with E-state index in [0.717, 1.165) is 113 Å². The van der Waals surface area contributed by atoms with Crippen molar-refractivity contribution in [3.05, 3.63) is 180 Å². The molecule has 0 bridgehead atoms. The number of hydrogen-bond acceptors (Lipinski definition) is 14. The Hall–Kier alpha value is -5.78. The number of nitrogens with zero attached hydrogens (tertiary/aromatic N) is 11. The minimum atomic E-state index is -0.0530. The van der Waals surface area contributed by atoms with Crippen LogP contribution in [0.4, 0.5) is 0 Å². The molecule has 0 aromatic heterocycles. The van der Waals surface area contributed by atoms with Gasteiger partial charge in [-0.3, -0.25) is 0 Å². The van der Waals surface area contributed by atoms with Crippen LogP contribution in [-0.2, 0) is 38.7 Å². The molecule has 0 aromatic rings. The fourth-order valence-electron chi connectivity index (χ4n) is 10.4. The van der Waals surface area contributed by atoms with Crippen molar-refractivity contribution >= 4 is 31.3 Å². The zero-order chi connectivity index (χ0) is 74.2. The van der Waals surface area contributed by atoms with E-state index in [0.29, 0.717) is 13.9 Å². The summed E-state index contributed by atoms with van der Waals surface area (Å²) in [7, 11) is 0. The summed E-state index contributed by atoms with van der Waals surface area (Å²) in [4.78, 5) is 25.4. The van der Waals surface area contributed by atoms with Gasteiger partial charge in [0, 0.05) is 68.0 Å². The quantitative estimate of drug-likeness (QED) is 0.174. The number of aliphatic hydroxyl groups excluding tert-OH is 3. The van der Waals surface area contributed by atoms with Gasteiger partial charge in [0.25, 0.3) is 0 Å². The van der Waals surface area contributed by atoms with Crippen molar-refractivity contribution in [2.24, 2.45) is 20.1 Å². The van der Waals surface area contributed by atoms with E-state index in [-0.39, 0.29) is 38.8 Å². The predicted octanol–water partition coefficient (Wildman–Crippen LogP) is 19.5. The molecule has 16 heteroatoms. The molecule has 0 radical (unpaired) electrons. The van der Waals surface area contributed by atoms with Gasteiger partial charge in [0.1, 0.15) is 29.1 Å². The fourth-order valence-corrected chi connectivity index (χ4v) is 11.2. The molecule has 0 saturated heterocycles. The Kier molecular flexibility index (Phi) is 34.4. The Balaban J connectivity index is 0. The van der Waals surface area contributed by atoms with Crippen molar-refractivity contribution < 1.29 is 54.0 Å². The van der Waals surface area contributed by atoms with Crippen LogP contribution in [0.5, 0.6) is 0 Å². The van der Waals surface area contributed by atoms with Gasteiger partial charge in [-0.25, -0.2) is 20.0 Å². The Morgan fingerprint density at radius 2 is 0.946 bits per heavy atom. The van der Waals surface area contributed by atoms with Crippen LogP contribution in [0.1, 0.15) is 235 Å². The molecular weight excluding hydrogens is 1490 g/mol. The van der Waals surface area contributed by atoms with E-state index < -0.39 is 0 Å². The van der Waals surface area contributed by atoms with E-state index in [1.54, 1.807) is 12.2 Å². The molecule has 5 aliphatic rings. The third kappa shape index (κ3) is 29.4. The van der Waals surface area contributed by atoms with Gasteiger partial charge < -0.3 is 24.7 Å². The van der Waals surface area contributed by atoms with Gasteiger partial charge in [-0.05, 0) is 215 Å². The first-order valence-electron chi connectivity index (χ1n) is 31.5. The van der Waals surface area contributed by atoms with Crippen LogP contribution >= 0.6 is 0 Å². The summed E-state index contributed by atoms with van der Waals surface area (Å²) in [5.41, 5.74) is 15.4. The maximum atomic E-state index is 9.62. The molecule has 5 heterocycles. The molecular formula is C77H125N11O3W2-2. The number of allylic oxidation sites excluding steroid dienone is 12. The standard InChI is InChI=1S/C13H21N.C12H19NO.C12H19N.2C10H17N3.2C10H16NO.2W/c1-9-8-10(2)14(13(5,6)7)12(4)11(9)3;1-8-7-11(14)9(2)10(3)13(8)12(4,5)6;1-9-7-10(2)13(11(3)8-9)12(4,5)6;1-7-11-8(2)13(9(3)12-7)10(4,5)6;1-7-8(2)12-13(9(3)11-7)10(4,5)6;1-6-11(10(3,4)5)7-9(2)8-12;1-6-11(10(3,4)5)9(2)7-8-12;;/h8H,2H2,1,3-7H3;7,14H,1H2,2-6H3;7-8H,2H2,1,3-6H3;2H2,1,3-6H3;3H2,1-2,4-6H3;2*7,12H,1H2,2-5H3;;/q;;;;;2*-1;;. The number of aliphatic hydroxyl groups is 3. The molecule has 0 atom stereocenters. The normalized spacial score (nSPS) is 16.9. The fraction of sp³-hybridized carbons (Fsp3) is 0.532. The van der Waals surface area contributed by atoms with Crippen molar-refractivity contribution in [3.63, 3.8) is 0 Å². The molecule has 3 N–H and O–H groups in total. The van der Waals surface area contributed by atoms with E-state index in [1.165, 1.54) is 28.1 Å². The van der Waals surface area contributed by atoms with Crippen LogP contribution in [0.25, 0.3) is 0 Å². The molecule has 520 valence electrons. The van der Waals surface area contributed by atoms with Crippen LogP contribution in [0, 0.1) is 12.4 Å². The van der Waals surface area contributed by atoms with Gasteiger partial charge in [0.05, 0.1) is 17.0 Å². The molecule has 0 aliphatic carbocycles. The summed E-state index contributed by atoms with van der Waals surface area (Å²) in [6.07, 6.45) is 17.5. The molecule has 0 aromatic carbocycles. The number of amidine groups is 2. The Morgan fingerprint density at radius 1 is 0.516 bits per heavy atom. The first-order chi connectivity index (χ1) is 41.5. The van der Waals surface area contributed by atoms with E-state index in [9.17, 15) is 10.2 Å². The monoisotopic (exact) mass is 1620 g/mol. The average molecular weight is 1620 g/mol. The van der Waals surface area contributed by atoms with E-state index in [1.807, 2.05) is 81.3 Å². The zero-order valence-corrected chi connectivity index (χ0v) is 70.4. The van der Waals surface area contributed by atoms with E-state index in [2.05, 4.69) is 291 Å². The van der Waals surface area contributed by atoms with Gasteiger partial charge in [-0.1, -0.05) is 32.9 Å². The number of rotatable bonds is 6. The predicted molar refractivity (Wildman–Crippen MR) is 397 cm³/mol. The zero-order valence-electron chi connectivity index (χ0n) is 64.5. The summed E-state index contributed by atoms with van der Waals surface area (Å²) < 4.78 is 0.784. The first-order valence-corrected chi connectivity index (χ1v) is 34.4. The molecule has 93 heavy (non-hydrogen) atoms. The number of aliphatic imine (C=N–C) groups is 3. The summed E-state index contributed by atoms with van der Waals surface area (Å²) in [6, 6.07) is 0. The second kappa shape index (κ2) is 35.8. The van der Waals surface area contributed by atoms with Crippen LogP contribution in [-0.4, -0.2) is 120 Å². The molecule has 0 unspecified atom stereocenters. The van der Waals surface area contributed by atoms with Crippen molar-refractivity contribution in [3.8, 4) is 0 Å². The minimum absolute atomic E-state index is 0.000370. The first kappa shape index (κ1) is 89.3. The summed E-state index contributed by atoms with van der Waals surface area (Å²) >= 11 is 2.13. The molecule has 0 saturated carbocycles. The van der Waals surface area contributed by atoms with Crippen molar-refractivity contribution in [2.75, 3.05) is 0 Å². The maximum absolute atomic E-state index is 9.62. The van der Waals surface area contributed by atoms with Crippen LogP contribution in [0.2, 0.25) is 0 Å². The summed E-state index contributed by atoms with van der Waals surface area (Å²) in [6.45, 7) is 98.1. The van der Waals surface area contributed by atoms with E-state index in [4.69, 9.17) is 5.11 Å². The third-order valence-corrected chi connectivity index (χ3v) is 15.9. The molecule has 5 rings (SSSR count).